The summed E-state index contributed by atoms with van der Waals surface area (Å²) in [5.41, 5.74) is 0. The summed E-state index contributed by atoms with van der Waals surface area (Å²) < 4.78 is 0. The lowest BCUT2D eigenvalue weighted by atomic mass is 10.2. The molecule has 22 heavy (non-hydrogen) atoms. The number of nitrogens with zero attached hydrogens (tertiary/aromatic N) is 2. The van der Waals surface area contributed by atoms with Gasteiger partial charge in [0, 0.05) is 44.2 Å². The second-order valence-corrected chi connectivity index (χ2v) is 6.96. The van der Waals surface area contributed by atoms with E-state index in [1.165, 1.54) is 0 Å². The van der Waals surface area contributed by atoms with E-state index in [-0.39, 0.29) is 29.8 Å². The molecule has 7 nitrogen and oxygen atoms in total. The lowest BCUT2D eigenvalue weighted by Crippen LogP contribution is -2.48. The predicted molar refractivity (Wildman–Crippen MR) is 83.2 cm³/mol. The van der Waals surface area contributed by atoms with Crippen molar-refractivity contribution in [1.82, 2.24) is 20.4 Å². The summed E-state index contributed by atoms with van der Waals surface area (Å²) in [5.74, 6) is 1.75. The highest BCUT2D eigenvalue weighted by atomic mass is 32.2. The van der Waals surface area contributed by atoms with Crippen molar-refractivity contribution in [2.24, 2.45) is 0 Å². The SMILES string of the molecule is O=C1CCC(C(=O)N2CCCN(C(=O)C3CSCN3)CC2)N1. The lowest BCUT2D eigenvalue weighted by molar-refractivity contribution is -0.135. The number of rotatable bonds is 2. The molecule has 3 heterocycles. The molecule has 0 aliphatic carbocycles. The van der Waals surface area contributed by atoms with Crippen molar-refractivity contribution < 1.29 is 14.4 Å². The average Bonchev–Trinajstić information content (AvgIpc) is 3.13. The van der Waals surface area contributed by atoms with E-state index in [0.29, 0.717) is 39.0 Å². The van der Waals surface area contributed by atoms with Gasteiger partial charge in [-0.1, -0.05) is 0 Å². The first-order valence-corrected chi connectivity index (χ1v) is 8.98. The molecule has 3 rings (SSSR count). The zero-order valence-corrected chi connectivity index (χ0v) is 13.4. The molecular formula is C14H22N4O3S. The van der Waals surface area contributed by atoms with Crippen molar-refractivity contribution in [3.8, 4) is 0 Å². The first-order chi connectivity index (χ1) is 10.6. The number of hydrogen-bond acceptors (Lipinski definition) is 5. The standard InChI is InChI=1S/C14H22N4O3S/c19-12-3-2-10(16-12)13(20)17-4-1-5-18(7-6-17)14(21)11-8-22-9-15-11/h10-11,15H,1-9H2,(H,16,19). The summed E-state index contributed by atoms with van der Waals surface area (Å²) in [4.78, 5) is 39.8. The quantitative estimate of drug-likeness (QED) is 0.679. The summed E-state index contributed by atoms with van der Waals surface area (Å²) in [6.45, 7) is 2.48. The highest BCUT2D eigenvalue weighted by molar-refractivity contribution is 7.99. The fourth-order valence-corrected chi connectivity index (χ4v) is 4.09. The second-order valence-electron chi connectivity index (χ2n) is 5.93. The van der Waals surface area contributed by atoms with Crippen LogP contribution in [0.4, 0.5) is 0 Å². The van der Waals surface area contributed by atoms with Gasteiger partial charge < -0.3 is 15.1 Å². The minimum absolute atomic E-state index is 0.00491. The minimum atomic E-state index is -0.373. The Morgan fingerprint density at radius 2 is 1.73 bits per heavy atom. The largest absolute Gasteiger partial charge is 0.344 e. The third kappa shape index (κ3) is 3.38. The average molecular weight is 326 g/mol. The number of nitrogens with one attached hydrogen (secondary N) is 2. The fourth-order valence-electron chi connectivity index (χ4n) is 3.15. The Labute approximate surface area is 134 Å². The third-order valence-electron chi connectivity index (χ3n) is 4.43. The molecule has 0 saturated carbocycles. The Morgan fingerprint density at radius 3 is 2.27 bits per heavy atom. The van der Waals surface area contributed by atoms with Crippen LogP contribution in [0, 0.1) is 0 Å². The highest BCUT2D eigenvalue weighted by Crippen LogP contribution is 2.15. The maximum Gasteiger partial charge on any atom is 0.245 e. The molecule has 3 fully saturated rings. The van der Waals surface area contributed by atoms with Gasteiger partial charge in [0.25, 0.3) is 0 Å². The molecule has 0 aromatic rings. The Bertz CT molecular complexity index is 467. The Hall–Kier alpha value is -1.28. The van der Waals surface area contributed by atoms with E-state index in [2.05, 4.69) is 10.6 Å². The number of thioether (sulfide) groups is 1. The van der Waals surface area contributed by atoms with Gasteiger partial charge in [0.15, 0.2) is 0 Å². The van der Waals surface area contributed by atoms with Gasteiger partial charge >= 0.3 is 0 Å². The van der Waals surface area contributed by atoms with Crippen LogP contribution in [0.25, 0.3) is 0 Å². The van der Waals surface area contributed by atoms with Crippen LogP contribution in [-0.2, 0) is 14.4 Å². The van der Waals surface area contributed by atoms with Gasteiger partial charge in [0.1, 0.15) is 6.04 Å². The van der Waals surface area contributed by atoms with Crippen molar-refractivity contribution in [1.29, 1.82) is 0 Å². The van der Waals surface area contributed by atoms with Crippen LogP contribution in [-0.4, -0.2) is 77.4 Å². The van der Waals surface area contributed by atoms with E-state index >= 15 is 0 Å². The maximum absolute atomic E-state index is 12.4. The first-order valence-electron chi connectivity index (χ1n) is 7.83. The number of carbonyl (C=O) groups excluding carboxylic acids is 3. The predicted octanol–water partition coefficient (Wildman–Crippen LogP) is -1.01. The lowest BCUT2D eigenvalue weighted by Gasteiger charge is -2.25. The number of amides is 3. The van der Waals surface area contributed by atoms with Gasteiger partial charge in [-0.15, -0.1) is 11.8 Å². The molecule has 0 bridgehead atoms. The van der Waals surface area contributed by atoms with Crippen LogP contribution in [0.5, 0.6) is 0 Å². The van der Waals surface area contributed by atoms with Crippen LogP contribution in [0.15, 0.2) is 0 Å². The third-order valence-corrected chi connectivity index (χ3v) is 5.37. The van der Waals surface area contributed by atoms with E-state index in [1.807, 2.05) is 4.90 Å². The molecule has 2 N–H and O–H groups in total. The van der Waals surface area contributed by atoms with Crippen LogP contribution in [0.1, 0.15) is 19.3 Å². The van der Waals surface area contributed by atoms with Crippen molar-refractivity contribution in [3.05, 3.63) is 0 Å². The maximum atomic E-state index is 12.4. The van der Waals surface area contributed by atoms with Gasteiger partial charge in [0.05, 0.1) is 6.04 Å². The van der Waals surface area contributed by atoms with E-state index < -0.39 is 0 Å². The van der Waals surface area contributed by atoms with E-state index in [9.17, 15) is 14.4 Å². The van der Waals surface area contributed by atoms with Crippen molar-refractivity contribution in [2.75, 3.05) is 37.8 Å². The molecule has 3 saturated heterocycles. The van der Waals surface area contributed by atoms with Gasteiger partial charge in [-0.2, -0.15) is 0 Å². The van der Waals surface area contributed by atoms with Gasteiger partial charge in [-0.05, 0) is 12.8 Å². The van der Waals surface area contributed by atoms with E-state index in [1.54, 1.807) is 16.7 Å². The van der Waals surface area contributed by atoms with Crippen LogP contribution in [0.3, 0.4) is 0 Å². The Kier molecular flexibility index (Phi) is 4.87. The molecule has 2 atom stereocenters. The summed E-state index contributed by atoms with van der Waals surface area (Å²) in [6.07, 6.45) is 1.80. The molecule has 3 aliphatic heterocycles. The molecule has 0 aromatic carbocycles. The monoisotopic (exact) mass is 326 g/mol. The van der Waals surface area contributed by atoms with Crippen LogP contribution >= 0.6 is 11.8 Å². The summed E-state index contributed by atoms with van der Waals surface area (Å²) in [5, 5.41) is 5.93. The first kappa shape index (κ1) is 15.6. The smallest absolute Gasteiger partial charge is 0.245 e. The summed E-state index contributed by atoms with van der Waals surface area (Å²) in [6, 6.07) is -0.455. The summed E-state index contributed by atoms with van der Waals surface area (Å²) in [7, 11) is 0. The molecule has 122 valence electrons. The Morgan fingerprint density at radius 1 is 1.05 bits per heavy atom. The van der Waals surface area contributed by atoms with Crippen molar-refractivity contribution in [2.45, 2.75) is 31.3 Å². The zero-order valence-electron chi connectivity index (χ0n) is 12.5. The molecule has 8 heteroatoms. The minimum Gasteiger partial charge on any atom is -0.344 e. The van der Waals surface area contributed by atoms with Gasteiger partial charge in [0.2, 0.25) is 17.7 Å². The van der Waals surface area contributed by atoms with E-state index in [4.69, 9.17) is 0 Å². The molecular weight excluding hydrogens is 304 g/mol. The number of carbonyl (C=O) groups is 3. The summed E-state index contributed by atoms with van der Waals surface area (Å²) >= 11 is 1.74. The molecule has 0 spiro atoms. The van der Waals surface area contributed by atoms with Gasteiger partial charge in [-0.25, -0.2) is 0 Å². The second kappa shape index (κ2) is 6.87. The molecule has 3 aliphatic rings. The van der Waals surface area contributed by atoms with Crippen molar-refractivity contribution >= 4 is 29.5 Å². The van der Waals surface area contributed by atoms with Crippen molar-refractivity contribution in [3.63, 3.8) is 0 Å². The molecule has 0 radical (unpaired) electrons. The zero-order chi connectivity index (χ0) is 15.5. The number of hydrogen-bond donors (Lipinski definition) is 2. The fraction of sp³-hybridized carbons (Fsp3) is 0.786. The molecule has 3 amide bonds. The topological polar surface area (TPSA) is 81.8 Å². The van der Waals surface area contributed by atoms with Crippen LogP contribution in [0.2, 0.25) is 0 Å². The Balaban J connectivity index is 1.54. The normalized spacial score (nSPS) is 29.4. The van der Waals surface area contributed by atoms with Crippen LogP contribution < -0.4 is 10.6 Å². The van der Waals surface area contributed by atoms with E-state index in [0.717, 1.165) is 18.1 Å². The molecule has 0 aromatic heterocycles. The van der Waals surface area contributed by atoms with Gasteiger partial charge in [-0.3, -0.25) is 19.7 Å². The highest BCUT2D eigenvalue weighted by Gasteiger charge is 2.33. The molecule has 2 unspecified atom stereocenters.